The zero-order chi connectivity index (χ0) is 20.2. The van der Waals surface area contributed by atoms with Crippen LogP contribution < -0.4 is 9.64 Å². The average molecular weight is 441 g/mol. The van der Waals surface area contributed by atoms with Gasteiger partial charge in [0.1, 0.15) is 12.4 Å². The SMILES string of the molecule is COCC(=O)N1CCN(c2cc(C(=O)CBr)cc(C(C)(C)C)c2OC)CC1. The maximum Gasteiger partial charge on any atom is 0.248 e. The summed E-state index contributed by atoms with van der Waals surface area (Å²) in [4.78, 5) is 28.4. The van der Waals surface area contributed by atoms with E-state index in [2.05, 4.69) is 41.6 Å². The number of amides is 1. The van der Waals surface area contributed by atoms with E-state index in [-0.39, 0.29) is 29.0 Å². The number of Topliss-reactive ketones (excluding diaryl/α,β-unsaturated/α-hetero) is 1. The Morgan fingerprint density at radius 2 is 1.74 bits per heavy atom. The molecule has 2 rings (SSSR count). The largest absolute Gasteiger partial charge is 0.494 e. The van der Waals surface area contributed by atoms with Crippen molar-refractivity contribution in [1.29, 1.82) is 0 Å². The summed E-state index contributed by atoms with van der Waals surface area (Å²) in [6, 6.07) is 3.84. The van der Waals surface area contributed by atoms with Crippen molar-refractivity contribution in [2.45, 2.75) is 26.2 Å². The number of methoxy groups -OCH3 is 2. The van der Waals surface area contributed by atoms with Crippen molar-refractivity contribution in [3.05, 3.63) is 23.3 Å². The molecular weight excluding hydrogens is 412 g/mol. The molecule has 0 radical (unpaired) electrons. The number of alkyl halides is 1. The molecule has 0 atom stereocenters. The third kappa shape index (κ3) is 5.02. The minimum atomic E-state index is -0.168. The maximum atomic E-state index is 12.4. The summed E-state index contributed by atoms with van der Waals surface area (Å²) >= 11 is 3.27. The maximum absolute atomic E-state index is 12.4. The molecule has 1 aromatic carbocycles. The van der Waals surface area contributed by atoms with E-state index in [1.54, 1.807) is 7.11 Å². The summed E-state index contributed by atoms with van der Waals surface area (Å²) < 4.78 is 10.7. The summed E-state index contributed by atoms with van der Waals surface area (Å²) in [6.45, 7) is 9.03. The molecule has 0 aromatic heterocycles. The van der Waals surface area contributed by atoms with E-state index in [9.17, 15) is 9.59 Å². The molecule has 0 bridgehead atoms. The van der Waals surface area contributed by atoms with Crippen LogP contribution in [0.25, 0.3) is 0 Å². The van der Waals surface area contributed by atoms with Crippen LogP contribution in [0.1, 0.15) is 36.7 Å². The van der Waals surface area contributed by atoms with Crippen molar-refractivity contribution in [2.24, 2.45) is 0 Å². The minimum Gasteiger partial charge on any atom is -0.494 e. The molecular formula is C20H29BrN2O4. The van der Waals surface area contributed by atoms with Crippen LogP contribution in [0.15, 0.2) is 12.1 Å². The lowest BCUT2D eigenvalue weighted by Gasteiger charge is -2.37. The molecule has 0 aliphatic carbocycles. The highest BCUT2D eigenvalue weighted by Gasteiger charge is 2.28. The van der Waals surface area contributed by atoms with Gasteiger partial charge in [-0.25, -0.2) is 0 Å². The van der Waals surface area contributed by atoms with E-state index < -0.39 is 0 Å². The van der Waals surface area contributed by atoms with Gasteiger partial charge >= 0.3 is 0 Å². The Labute approximate surface area is 169 Å². The Bertz CT molecular complexity index is 692. The van der Waals surface area contributed by atoms with E-state index >= 15 is 0 Å². The number of piperazine rings is 1. The Kier molecular flexibility index (Phi) is 7.28. The second kappa shape index (κ2) is 9.06. The molecule has 1 aliphatic rings. The molecule has 1 amide bonds. The number of carbonyl (C=O) groups excluding carboxylic acids is 2. The summed E-state index contributed by atoms with van der Waals surface area (Å²) in [5, 5.41) is 0.279. The first-order valence-corrected chi connectivity index (χ1v) is 10.2. The van der Waals surface area contributed by atoms with E-state index in [1.807, 2.05) is 17.0 Å². The standard InChI is InChI=1S/C20H29BrN2O4/c1-20(2,3)15-10-14(17(24)12-21)11-16(19(15)27-5)22-6-8-23(9-7-22)18(25)13-26-4/h10-11H,6-9,12-13H2,1-5H3. The van der Waals surface area contributed by atoms with Crippen molar-refractivity contribution >= 4 is 33.3 Å². The van der Waals surface area contributed by atoms with Crippen molar-refractivity contribution < 1.29 is 19.1 Å². The molecule has 1 aromatic rings. The molecule has 0 spiro atoms. The Hall–Kier alpha value is -1.60. The number of benzene rings is 1. The van der Waals surface area contributed by atoms with Gasteiger partial charge in [-0.05, 0) is 17.5 Å². The molecule has 0 N–H and O–H groups in total. The van der Waals surface area contributed by atoms with Crippen molar-refractivity contribution in [1.82, 2.24) is 4.90 Å². The number of hydrogen-bond donors (Lipinski definition) is 0. The van der Waals surface area contributed by atoms with Gasteiger partial charge < -0.3 is 19.3 Å². The van der Waals surface area contributed by atoms with Gasteiger partial charge in [0.2, 0.25) is 5.91 Å². The second-order valence-electron chi connectivity index (χ2n) is 7.68. The Balaban J connectivity index is 2.38. The lowest BCUT2D eigenvalue weighted by molar-refractivity contribution is -0.135. The topological polar surface area (TPSA) is 59.1 Å². The third-order valence-electron chi connectivity index (χ3n) is 4.77. The van der Waals surface area contributed by atoms with Gasteiger partial charge in [-0.2, -0.15) is 0 Å². The van der Waals surface area contributed by atoms with E-state index in [1.165, 1.54) is 7.11 Å². The minimum absolute atomic E-state index is 0.00251. The van der Waals surface area contributed by atoms with Crippen LogP contribution >= 0.6 is 15.9 Å². The summed E-state index contributed by atoms with van der Waals surface area (Å²) in [6.07, 6.45) is 0. The number of hydrogen-bond acceptors (Lipinski definition) is 5. The number of anilines is 1. The van der Waals surface area contributed by atoms with Gasteiger partial charge in [-0.1, -0.05) is 36.7 Å². The van der Waals surface area contributed by atoms with Crippen molar-refractivity contribution in [3.8, 4) is 5.75 Å². The Morgan fingerprint density at radius 1 is 1.11 bits per heavy atom. The normalized spacial score (nSPS) is 15.0. The molecule has 1 heterocycles. The van der Waals surface area contributed by atoms with Gasteiger partial charge in [0.25, 0.3) is 0 Å². The molecule has 6 nitrogen and oxygen atoms in total. The molecule has 0 saturated carbocycles. The summed E-state index contributed by atoms with van der Waals surface area (Å²) in [5.41, 5.74) is 2.42. The van der Waals surface area contributed by atoms with Crippen LogP contribution in [0.5, 0.6) is 5.75 Å². The summed E-state index contributed by atoms with van der Waals surface area (Å²) in [7, 11) is 3.19. The number of nitrogens with zero attached hydrogens (tertiary/aromatic N) is 2. The van der Waals surface area contributed by atoms with E-state index in [0.29, 0.717) is 31.7 Å². The van der Waals surface area contributed by atoms with Crippen LogP contribution in [0.4, 0.5) is 5.69 Å². The van der Waals surface area contributed by atoms with Crippen LogP contribution in [-0.4, -0.2) is 68.9 Å². The first-order chi connectivity index (χ1) is 12.7. The van der Waals surface area contributed by atoms with Crippen LogP contribution in [0, 0.1) is 0 Å². The van der Waals surface area contributed by atoms with Gasteiger partial charge in [0, 0.05) is 44.4 Å². The highest BCUT2D eigenvalue weighted by molar-refractivity contribution is 9.09. The van der Waals surface area contributed by atoms with Crippen LogP contribution in [0.2, 0.25) is 0 Å². The van der Waals surface area contributed by atoms with Crippen molar-refractivity contribution in [3.63, 3.8) is 0 Å². The highest BCUT2D eigenvalue weighted by Crippen LogP contribution is 2.40. The van der Waals surface area contributed by atoms with Crippen LogP contribution in [-0.2, 0) is 14.9 Å². The quantitative estimate of drug-likeness (QED) is 0.502. The van der Waals surface area contributed by atoms with Crippen LogP contribution in [0.3, 0.4) is 0 Å². The molecule has 27 heavy (non-hydrogen) atoms. The van der Waals surface area contributed by atoms with E-state index in [0.717, 1.165) is 17.0 Å². The predicted octanol–water partition coefficient (Wildman–Crippen LogP) is 2.87. The van der Waals surface area contributed by atoms with Gasteiger partial charge in [-0.3, -0.25) is 9.59 Å². The third-order valence-corrected chi connectivity index (χ3v) is 5.27. The van der Waals surface area contributed by atoms with E-state index in [4.69, 9.17) is 9.47 Å². The zero-order valence-corrected chi connectivity index (χ0v) is 18.4. The van der Waals surface area contributed by atoms with Gasteiger partial charge in [0.15, 0.2) is 5.78 Å². The molecule has 1 aliphatic heterocycles. The average Bonchev–Trinajstić information content (AvgIpc) is 2.65. The summed E-state index contributed by atoms with van der Waals surface area (Å²) in [5.74, 6) is 0.839. The van der Waals surface area contributed by atoms with Gasteiger partial charge in [0.05, 0.1) is 18.1 Å². The molecule has 150 valence electrons. The molecule has 1 fully saturated rings. The Morgan fingerprint density at radius 3 is 2.22 bits per heavy atom. The molecule has 1 saturated heterocycles. The second-order valence-corrected chi connectivity index (χ2v) is 8.24. The zero-order valence-electron chi connectivity index (χ0n) is 16.8. The lowest BCUT2D eigenvalue weighted by Crippen LogP contribution is -2.49. The predicted molar refractivity (Wildman–Crippen MR) is 110 cm³/mol. The number of ether oxygens (including phenoxy) is 2. The highest BCUT2D eigenvalue weighted by atomic mass is 79.9. The van der Waals surface area contributed by atoms with Gasteiger partial charge in [-0.15, -0.1) is 0 Å². The smallest absolute Gasteiger partial charge is 0.248 e. The number of halogens is 1. The fourth-order valence-corrected chi connectivity index (χ4v) is 3.59. The van der Waals surface area contributed by atoms with Crippen molar-refractivity contribution in [2.75, 3.05) is 57.2 Å². The number of carbonyl (C=O) groups is 2. The first kappa shape index (κ1) is 21.7. The monoisotopic (exact) mass is 440 g/mol. The number of rotatable bonds is 6. The molecule has 7 heteroatoms. The fourth-order valence-electron chi connectivity index (χ4n) is 3.27. The number of ketones is 1. The molecule has 0 unspecified atom stereocenters. The first-order valence-electron chi connectivity index (χ1n) is 9.06. The lowest BCUT2D eigenvalue weighted by atomic mass is 9.84. The fraction of sp³-hybridized carbons (Fsp3) is 0.600.